The standard InChI is InChI=1S/C14H23N3O/c1-10(2)7-8-16-13-6-5-11(9-12(13)15)14(18)17(3)4/h5-6,9-10,16H,7-8,15H2,1-4H3. The number of nitrogens with zero attached hydrogens (tertiary/aromatic N) is 1. The van der Waals surface area contributed by atoms with Gasteiger partial charge in [-0.25, -0.2) is 0 Å². The number of amides is 1. The summed E-state index contributed by atoms with van der Waals surface area (Å²) in [5.41, 5.74) is 8.07. The number of anilines is 2. The van der Waals surface area contributed by atoms with E-state index in [-0.39, 0.29) is 5.91 Å². The monoisotopic (exact) mass is 249 g/mol. The lowest BCUT2D eigenvalue weighted by Crippen LogP contribution is -2.21. The second-order valence-corrected chi connectivity index (χ2v) is 5.11. The van der Waals surface area contributed by atoms with Crippen LogP contribution in [-0.4, -0.2) is 31.4 Å². The molecular weight excluding hydrogens is 226 g/mol. The van der Waals surface area contributed by atoms with E-state index in [1.165, 1.54) is 0 Å². The maximum Gasteiger partial charge on any atom is 0.253 e. The van der Waals surface area contributed by atoms with Crippen LogP contribution in [0.2, 0.25) is 0 Å². The minimum Gasteiger partial charge on any atom is -0.397 e. The third-order valence-electron chi connectivity index (χ3n) is 2.74. The molecule has 0 heterocycles. The van der Waals surface area contributed by atoms with E-state index in [1.54, 1.807) is 31.1 Å². The van der Waals surface area contributed by atoms with Crippen molar-refractivity contribution in [2.45, 2.75) is 20.3 Å². The van der Waals surface area contributed by atoms with Gasteiger partial charge in [-0.15, -0.1) is 0 Å². The highest BCUT2D eigenvalue weighted by Crippen LogP contribution is 2.20. The zero-order valence-electron chi connectivity index (χ0n) is 11.7. The van der Waals surface area contributed by atoms with E-state index >= 15 is 0 Å². The van der Waals surface area contributed by atoms with Crippen LogP contribution in [0, 0.1) is 5.92 Å². The molecule has 4 heteroatoms. The Hall–Kier alpha value is -1.71. The first-order chi connectivity index (χ1) is 8.41. The van der Waals surface area contributed by atoms with E-state index < -0.39 is 0 Å². The molecule has 0 unspecified atom stereocenters. The van der Waals surface area contributed by atoms with Crippen molar-refractivity contribution in [2.75, 3.05) is 31.7 Å². The van der Waals surface area contributed by atoms with Crippen molar-refractivity contribution in [1.82, 2.24) is 4.90 Å². The molecule has 1 aromatic rings. The van der Waals surface area contributed by atoms with Gasteiger partial charge in [-0.3, -0.25) is 4.79 Å². The summed E-state index contributed by atoms with van der Waals surface area (Å²) >= 11 is 0. The fraction of sp³-hybridized carbons (Fsp3) is 0.500. The average Bonchev–Trinajstić information content (AvgIpc) is 2.29. The fourth-order valence-corrected chi connectivity index (χ4v) is 1.61. The third-order valence-corrected chi connectivity index (χ3v) is 2.74. The Bertz CT molecular complexity index is 414. The predicted octanol–water partition coefficient (Wildman–Crippen LogP) is 2.43. The van der Waals surface area contributed by atoms with Crippen LogP contribution in [0.25, 0.3) is 0 Å². The summed E-state index contributed by atoms with van der Waals surface area (Å²) in [6.45, 7) is 5.26. The Morgan fingerprint density at radius 3 is 2.56 bits per heavy atom. The van der Waals surface area contributed by atoms with Crippen molar-refractivity contribution in [1.29, 1.82) is 0 Å². The Morgan fingerprint density at radius 1 is 1.39 bits per heavy atom. The summed E-state index contributed by atoms with van der Waals surface area (Å²) in [6.07, 6.45) is 1.10. The van der Waals surface area contributed by atoms with Crippen molar-refractivity contribution >= 4 is 17.3 Å². The lowest BCUT2D eigenvalue weighted by molar-refractivity contribution is 0.0827. The van der Waals surface area contributed by atoms with Crippen molar-refractivity contribution in [3.63, 3.8) is 0 Å². The Morgan fingerprint density at radius 2 is 2.06 bits per heavy atom. The molecule has 0 spiro atoms. The lowest BCUT2D eigenvalue weighted by Gasteiger charge is -2.14. The van der Waals surface area contributed by atoms with Crippen LogP contribution in [-0.2, 0) is 0 Å². The molecule has 0 aliphatic carbocycles. The van der Waals surface area contributed by atoms with E-state index in [1.807, 2.05) is 6.07 Å². The van der Waals surface area contributed by atoms with Crippen LogP contribution in [0.4, 0.5) is 11.4 Å². The van der Waals surface area contributed by atoms with E-state index in [0.29, 0.717) is 17.2 Å². The van der Waals surface area contributed by atoms with Gasteiger partial charge in [0.2, 0.25) is 0 Å². The van der Waals surface area contributed by atoms with Crippen molar-refractivity contribution in [2.24, 2.45) is 5.92 Å². The minimum atomic E-state index is -0.0320. The smallest absolute Gasteiger partial charge is 0.253 e. The topological polar surface area (TPSA) is 58.4 Å². The molecule has 0 radical (unpaired) electrons. The van der Waals surface area contributed by atoms with E-state index in [0.717, 1.165) is 18.7 Å². The van der Waals surface area contributed by atoms with Crippen LogP contribution in [0.15, 0.2) is 18.2 Å². The Balaban J connectivity index is 2.71. The molecule has 0 saturated carbocycles. The lowest BCUT2D eigenvalue weighted by atomic mass is 10.1. The van der Waals surface area contributed by atoms with Gasteiger partial charge in [0.1, 0.15) is 0 Å². The normalized spacial score (nSPS) is 10.5. The van der Waals surface area contributed by atoms with E-state index in [9.17, 15) is 4.79 Å². The largest absolute Gasteiger partial charge is 0.397 e. The number of nitrogen functional groups attached to an aromatic ring is 1. The van der Waals surface area contributed by atoms with Gasteiger partial charge in [-0.2, -0.15) is 0 Å². The Labute approximate surface area is 109 Å². The van der Waals surface area contributed by atoms with Gasteiger partial charge < -0.3 is 16.0 Å². The third kappa shape index (κ3) is 3.95. The van der Waals surface area contributed by atoms with Gasteiger partial charge in [0.25, 0.3) is 5.91 Å². The number of nitrogens with two attached hydrogens (primary N) is 1. The second kappa shape index (κ2) is 6.28. The molecule has 18 heavy (non-hydrogen) atoms. The number of rotatable bonds is 5. The molecule has 0 aromatic heterocycles. The molecule has 3 N–H and O–H groups in total. The first-order valence-electron chi connectivity index (χ1n) is 6.27. The highest BCUT2D eigenvalue weighted by molar-refractivity contribution is 5.95. The first-order valence-corrected chi connectivity index (χ1v) is 6.27. The van der Waals surface area contributed by atoms with Crippen LogP contribution >= 0.6 is 0 Å². The predicted molar refractivity (Wildman–Crippen MR) is 76.8 cm³/mol. The summed E-state index contributed by atoms with van der Waals surface area (Å²) in [5, 5.41) is 3.29. The van der Waals surface area contributed by atoms with Crippen molar-refractivity contribution < 1.29 is 4.79 Å². The molecule has 0 saturated heterocycles. The molecule has 0 atom stereocenters. The van der Waals surface area contributed by atoms with Gasteiger partial charge >= 0.3 is 0 Å². The van der Waals surface area contributed by atoms with Crippen LogP contribution in [0.5, 0.6) is 0 Å². The van der Waals surface area contributed by atoms with Crippen molar-refractivity contribution in [3.8, 4) is 0 Å². The molecule has 1 amide bonds. The van der Waals surface area contributed by atoms with Crippen LogP contribution < -0.4 is 11.1 Å². The summed E-state index contributed by atoms with van der Waals surface area (Å²) in [4.78, 5) is 13.3. The zero-order chi connectivity index (χ0) is 13.7. The number of nitrogens with one attached hydrogen (secondary N) is 1. The van der Waals surface area contributed by atoms with E-state index in [4.69, 9.17) is 5.73 Å². The minimum absolute atomic E-state index is 0.0320. The molecule has 0 aliphatic rings. The highest BCUT2D eigenvalue weighted by Gasteiger charge is 2.09. The van der Waals surface area contributed by atoms with Gasteiger partial charge in [-0.1, -0.05) is 13.8 Å². The first kappa shape index (κ1) is 14.4. The van der Waals surface area contributed by atoms with Crippen molar-refractivity contribution in [3.05, 3.63) is 23.8 Å². The summed E-state index contributed by atoms with van der Waals surface area (Å²) in [6, 6.07) is 5.39. The van der Waals surface area contributed by atoms with Gasteiger partial charge in [0.15, 0.2) is 0 Å². The molecular formula is C14H23N3O. The number of carbonyl (C=O) groups excluding carboxylic acids is 1. The Kier molecular flexibility index (Phi) is 5.01. The molecule has 1 aromatic carbocycles. The molecule has 100 valence electrons. The van der Waals surface area contributed by atoms with E-state index in [2.05, 4.69) is 19.2 Å². The SMILES string of the molecule is CC(C)CCNc1ccc(C(=O)N(C)C)cc1N. The maximum atomic E-state index is 11.8. The number of carbonyl (C=O) groups is 1. The highest BCUT2D eigenvalue weighted by atomic mass is 16.2. The van der Waals surface area contributed by atoms with Crippen LogP contribution in [0.3, 0.4) is 0 Å². The number of benzene rings is 1. The second-order valence-electron chi connectivity index (χ2n) is 5.11. The quantitative estimate of drug-likeness (QED) is 0.788. The maximum absolute atomic E-state index is 11.8. The van der Waals surface area contributed by atoms with Crippen LogP contribution in [0.1, 0.15) is 30.6 Å². The number of hydrogen-bond acceptors (Lipinski definition) is 3. The molecule has 0 bridgehead atoms. The van der Waals surface area contributed by atoms with Gasteiger partial charge in [0, 0.05) is 26.2 Å². The average molecular weight is 249 g/mol. The number of hydrogen-bond donors (Lipinski definition) is 2. The summed E-state index contributed by atoms with van der Waals surface area (Å²) in [5.74, 6) is 0.628. The molecule has 0 fully saturated rings. The summed E-state index contributed by atoms with van der Waals surface area (Å²) < 4.78 is 0. The van der Waals surface area contributed by atoms with Gasteiger partial charge in [-0.05, 0) is 30.5 Å². The fourth-order valence-electron chi connectivity index (χ4n) is 1.61. The molecule has 0 aliphatic heterocycles. The molecule has 4 nitrogen and oxygen atoms in total. The summed E-state index contributed by atoms with van der Waals surface area (Å²) in [7, 11) is 3.46. The van der Waals surface area contributed by atoms with Gasteiger partial charge in [0.05, 0.1) is 11.4 Å². The molecule has 1 rings (SSSR count). The zero-order valence-corrected chi connectivity index (χ0v) is 11.7.